The molecule has 3 N–H and O–H groups in total. The summed E-state index contributed by atoms with van der Waals surface area (Å²) in [7, 11) is -3.44. The largest absolute Gasteiger partial charge is 0.393 e. The van der Waals surface area contributed by atoms with Gasteiger partial charge in [0, 0.05) is 12.5 Å². The van der Waals surface area contributed by atoms with E-state index in [2.05, 4.69) is 11.6 Å². The van der Waals surface area contributed by atoms with E-state index >= 15 is 0 Å². The Balaban J connectivity index is 2.03. The minimum absolute atomic E-state index is 0.0579. The van der Waals surface area contributed by atoms with Crippen LogP contribution in [0.15, 0.2) is 29.2 Å². The molecule has 0 aromatic heterocycles. The molecule has 2 rings (SSSR count). The number of nitrogens with one attached hydrogen (secondary N) is 1. The van der Waals surface area contributed by atoms with E-state index in [9.17, 15) is 8.42 Å². The molecule has 0 heterocycles. The maximum atomic E-state index is 12.4. The average molecular weight is 326 g/mol. The summed E-state index contributed by atoms with van der Waals surface area (Å²) in [5.41, 5.74) is 6.41. The average Bonchev–Trinajstić information content (AvgIpc) is 2.41. The van der Waals surface area contributed by atoms with E-state index in [1.54, 1.807) is 24.3 Å². The van der Waals surface area contributed by atoms with Crippen molar-refractivity contribution < 1.29 is 8.42 Å². The second-order valence-corrected chi connectivity index (χ2v) is 8.10. The molecule has 116 valence electrons. The van der Waals surface area contributed by atoms with E-state index in [0.29, 0.717) is 22.2 Å². The number of thiocarbonyl (C=S) groups is 1. The van der Waals surface area contributed by atoms with Crippen molar-refractivity contribution in [1.29, 1.82) is 0 Å². The molecule has 1 saturated carbocycles. The van der Waals surface area contributed by atoms with Crippen molar-refractivity contribution in [3.8, 4) is 0 Å². The van der Waals surface area contributed by atoms with Crippen molar-refractivity contribution >= 4 is 27.2 Å². The van der Waals surface area contributed by atoms with E-state index in [0.717, 1.165) is 31.2 Å². The first-order chi connectivity index (χ1) is 9.87. The Labute approximate surface area is 132 Å². The Morgan fingerprint density at radius 2 is 1.81 bits per heavy atom. The van der Waals surface area contributed by atoms with Crippen LogP contribution in [-0.2, 0) is 16.4 Å². The molecule has 1 fully saturated rings. The number of rotatable bonds is 5. The van der Waals surface area contributed by atoms with Crippen molar-refractivity contribution in [3.05, 3.63) is 29.8 Å². The molecular weight excluding hydrogens is 304 g/mol. The third-order valence-corrected chi connectivity index (χ3v) is 5.63. The first-order valence-electron chi connectivity index (χ1n) is 7.26. The number of hydrogen-bond acceptors (Lipinski definition) is 3. The monoisotopic (exact) mass is 326 g/mol. The lowest BCUT2D eigenvalue weighted by atomic mass is 9.88. The zero-order chi connectivity index (χ0) is 15.5. The molecule has 0 atom stereocenters. The molecule has 0 saturated heterocycles. The van der Waals surface area contributed by atoms with Crippen LogP contribution < -0.4 is 10.5 Å². The highest BCUT2D eigenvalue weighted by Gasteiger charge is 2.23. The third kappa shape index (κ3) is 4.76. The van der Waals surface area contributed by atoms with Gasteiger partial charge in [-0.15, -0.1) is 0 Å². The molecule has 0 spiro atoms. The van der Waals surface area contributed by atoms with Crippen molar-refractivity contribution in [1.82, 2.24) is 4.72 Å². The van der Waals surface area contributed by atoms with Gasteiger partial charge >= 0.3 is 0 Å². The number of hydrogen-bond donors (Lipinski definition) is 2. The molecule has 21 heavy (non-hydrogen) atoms. The van der Waals surface area contributed by atoms with Gasteiger partial charge in [0.2, 0.25) is 10.0 Å². The van der Waals surface area contributed by atoms with E-state index in [4.69, 9.17) is 18.0 Å². The molecule has 0 bridgehead atoms. The Morgan fingerprint density at radius 3 is 2.33 bits per heavy atom. The van der Waals surface area contributed by atoms with Gasteiger partial charge in [-0.2, -0.15) is 0 Å². The molecule has 0 unspecified atom stereocenters. The highest BCUT2D eigenvalue weighted by molar-refractivity contribution is 7.89. The van der Waals surface area contributed by atoms with Gasteiger partial charge in [-0.25, -0.2) is 13.1 Å². The molecule has 0 amide bonds. The molecule has 0 radical (unpaired) electrons. The van der Waals surface area contributed by atoms with Gasteiger partial charge in [-0.05, 0) is 49.3 Å². The standard InChI is InChI=1S/C15H22N2O2S2/c1-11-2-6-13(7-3-11)17-21(18,19)14-8-4-12(5-9-14)10-15(16)20/h4-5,8-9,11,13,17H,2-3,6-7,10H2,1H3,(H2,16,20). The maximum absolute atomic E-state index is 12.4. The van der Waals surface area contributed by atoms with Crippen LogP contribution in [0.1, 0.15) is 38.2 Å². The lowest BCUT2D eigenvalue weighted by molar-refractivity contribution is 0.332. The molecule has 1 aromatic rings. The van der Waals surface area contributed by atoms with Crippen molar-refractivity contribution in [3.63, 3.8) is 0 Å². The number of benzene rings is 1. The van der Waals surface area contributed by atoms with Gasteiger partial charge in [0.05, 0.1) is 9.88 Å². The Bertz CT molecular complexity index is 589. The fraction of sp³-hybridized carbons (Fsp3) is 0.533. The third-order valence-electron chi connectivity index (χ3n) is 3.95. The van der Waals surface area contributed by atoms with Crippen molar-refractivity contribution in [2.24, 2.45) is 11.7 Å². The van der Waals surface area contributed by atoms with Gasteiger partial charge in [-0.1, -0.05) is 31.3 Å². The zero-order valence-electron chi connectivity index (χ0n) is 12.2. The summed E-state index contributed by atoms with van der Waals surface area (Å²) >= 11 is 4.85. The lowest BCUT2D eigenvalue weighted by Gasteiger charge is -2.26. The summed E-state index contributed by atoms with van der Waals surface area (Å²) in [4.78, 5) is 0.702. The molecule has 1 aliphatic rings. The van der Waals surface area contributed by atoms with E-state index in [-0.39, 0.29) is 6.04 Å². The maximum Gasteiger partial charge on any atom is 0.240 e. The van der Waals surface area contributed by atoms with Gasteiger partial charge in [0.15, 0.2) is 0 Å². The molecule has 1 aromatic carbocycles. The van der Waals surface area contributed by atoms with Gasteiger partial charge in [0.25, 0.3) is 0 Å². The van der Waals surface area contributed by atoms with Gasteiger partial charge in [-0.3, -0.25) is 0 Å². The fourth-order valence-electron chi connectivity index (χ4n) is 2.65. The summed E-state index contributed by atoms with van der Waals surface area (Å²) in [5.74, 6) is 0.699. The van der Waals surface area contributed by atoms with Crippen LogP contribution in [0.25, 0.3) is 0 Å². The summed E-state index contributed by atoms with van der Waals surface area (Å²) in [5, 5.41) is 0. The molecule has 4 nitrogen and oxygen atoms in total. The molecule has 0 aliphatic heterocycles. The molecule has 1 aliphatic carbocycles. The van der Waals surface area contributed by atoms with Crippen molar-refractivity contribution in [2.75, 3.05) is 0 Å². The smallest absolute Gasteiger partial charge is 0.240 e. The SMILES string of the molecule is CC1CCC(NS(=O)(=O)c2ccc(CC(N)=S)cc2)CC1. The Morgan fingerprint density at radius 1 is 1.24 bits per heavy atom. The minimum Gasteiger partial charge on any atom is -0.393 e. The first-order valence-corrected chi connectivity index (χ1v) is 9.15. The predicted octanol–water partition coefficient (Wildman–Crippen LogP) is 2.37. The van der Waals surface area contributed by atoms with E-state index in [1.165, 1.54) is 0 Å². The quantitative estimate of drug-likeness (QED) is 0.815. The topological polar surface area (TPSA) is 72.2 Å². The summed E-state index contributed by atoms with van der Waals surface area (Å²) in [6.45, 7) is 2.21. The molecular formula is C15H22N2O2S2. The summed E-state index contributed by atoms with van der Waals surface area (Å²) in [6.07, 6.45) is 4.49. The van der Waals surface area contributed by atoms with Crippen LogP contribution in [0.2, 0.25) is 0 Å². The number of sulfonamides is 1. The highest BCUT2D eigenvalue weighted by Crippen LogP contribution is 2.24. The Kier molecular flexibility index (Phi) is 5.35. The van der Waals surface area contributed by atoms with Crippen LogP contribution in [0, 0.1) is 5.92 Å². The molecule has 6 heteroatoms. The van der Waals surface area contributed by atoms with Crippen LogP contribution >= 0.6 is 12.2 Å². The van der Waals surface area contributed by atoms with E-state index in [1.807, 2.05) is 0 Å². The minimum atomic E-state index is -3.44. The van der Waals surface area contributed by atoms with Crippen LogP contribution in [0.4, 0.5) is 0 Å². The van der Waals surface area contributed by atoms with Gasteiger partial charge in [0.1, 0.15) is 0 Å². The second kappa shape index (κ2) is 6.85. The van der Waals surface area contributed by atoms with Crippen LogP contribution in [0.5, 0.6) is 0 Å². The Hall–Kier alpha value is -0.980. The first kappa shape index (κ1) is 16.4. The second-order valence-electron chi connectivity index (χ2n) is 5.87. The van der Waals surface area contributed by atoms with Crippen molar-refractivity contribution in [2.45, 2.75) is 50.0 Å². The number of nitrogens with two attached hydrogens (primary N) is 1. The van der Waals surface area contributed by atoms with Crippen LogP contribution in [-0.4, -0.2) is 19.4 Å². The summed E-state index contributed by atoms with van der Waals surface area (Å²) in [6, 6.07) is 6.80. The van der Waals surface area contributed by atoms with Crippen LogP contribution in [0.3, 0.4) is 0 Å². The summed E-state index contributed by atoms with van der Waals surface area (Å²) < 4.78 is 27.5. The lowest BCUT2D eigenvalue weighted by Crippen LogP contribution is -2.37. The fourth-order valence-corrected chi connectivity index (χ4v) is 4.12. The normalized spacial score (nSPS) is 22.9. The predicted molar refractivity (Wildman–Crippen MR) is 88.7 cm³/mol. The highest BCUT2D eigenvalue weighted by atomic mass is 32.2. The van der Waals surface area contributed by atoms with E-state index < -0.39 is 10.0 Å². The zero-order valence-corrected chi connectivity index (χ0v) is 13.8. The van der Waals surface area contributed by atoms with Gasteiger partial charge < -0.3 is 5.73 Å².